The Kier molecular flexibility index (Phi) is 6.05. The molecule has 25 heavy (non-hydrogen) atoms. The third-order valence-electron chi connectivity index (χ3n) is 3.53. The molecule has 0 spiro atoms. The number of aryl methyl sites for hydroxylation is 1. The van der Waals surface area contributed by atoms with Gasteiger partial charge in [-0.2, -0.15) is 0 Å². The molecular formula is C16H17N3O4S2. The van der Waals surface area contributed by atoms with Crippen molar-refractivity contribution in [2.24, 2.45) is 0 Å². The first-order valence-electron chi connectivity index (χ1n) is 7.41. The Bertz CT molecular complexity index is 833. The van der Waals surface area contributed by atoms with E-state index in [-0.39, 0.29) is 16.5 Å². The number of nitro benzene ring substituents is 1. The zero-order valence-corrected chi connectivity index (χ0v) is 15.5. The molecule has 0 unspecified atom stereocenters. The van der Waals surface area contributed by atoms with Crippen LogP contribution in [0.2, 0.25) is 0 Å². The van der Waals surface area contributed by atoms with Crippen LogP contribution in [0.25, 0.3) is 0 Å². The van der Waals surface area contributed by atoms with Crippen LogP contribution in [0, 0.1) is 17.0 Å². The summed E-state index contributed by atoms with van der Waals surface area (Å²) in [6.45, 7) is 3.87. The van der Waals surface area contributed by atoms with Crippen molar-refractivity contribution in [1.29, 1.82) is 0 Å². The fraction of sp³-hybridized carbons (Fsp3) is 0.250. The number of rotatable bonds is 5. The van der Waals surface area contributed by atoms with Gasteiger partial charge in [0, 0.05) is 10.9 Å². The third kappa shape index (κ3) is 4.12. The first-order valence-corrected chi connectivity index (χ1v) is 8.63. The Balaban J connectivity index is 2.27. The van der Waals surface area contributed by atoms with Gasteiger partial charge in [0.05, 0.1) is 17.6 Å². The quantitative estimate of drug-likeness (QED) is 0.349. The van der Waals surface area contributed by atoms with E-state index in [1.165, 1.54) is 24.5 Å². The standard InChI is InChI=1S/C16H17N3O4S2/c1-4-10-9(2)25-14(13(10)15(20)23-3)18-16(24)17-11-7-5-6-8-12(11)19(21)22/h5-8H,4H2,1-3H3,(H2,17,18,24). The Labute approximate surface area is 154 Å². The van der Waals surface area contributed by atoms with Crippen molar-refractivity contribution >= 4 is 51.0 Å². The van der Waals surface area contributed by atoms with Crippen molar-refractivity contribution in [3.05, 3.63) is 50.4 Å². The molecule has 9 heteroatoms. The summed E-state index contributed by atoms with van der Waals surface area (Å²) in [4.78, 5) is 23.7. The number of methoxy groups -OCH3 is 1. The minimum absolute atomic E-state index is 0.0866. The molecule has 132 valence electrons. The van der Waals surface area contributed by atoms with Crippen LogP contribution >= 0.6 is 23.6 Å². The number of para-hydroxylation sites is 2. The van der Waals surface area contributed by atoms with Gasteiger partial charge in [0.1, 0.15) is 10.7 Å². The number of thiocarbonyl (C=S) groups is 1. The number of carbonyl (C=O) groups is 1. The predicted molar refractivity (Wildman–Crippen MR) is 103 cm³/mol. The summed E-state index contributed by atoms with van der Waals surface area (Å²) in [6.07, 6.45) is 0.679. The Morgan fingerprint density at radius 2 is 2.04 bits per heavy atom. The molecule has 0 saturated heterocycles. The summed E-state index contributed by atoms with van der Waals surface area (Å²) < 4.78 is 4.86. The first-order chi connectivity index (χ1) is 11.9. The molecule has 0 bridgehead atoms. The Hall–Kier alpha value is -2.52. The lowest BCUT2D eigenvalue weighted by molar-refractivity contribution is -0.383. The SMILES string of the molecule is CCc1c(C)sc(NC(=S)Nc2ccccc2[N+](=O)[O-])c1C(=O)OC. The van der Waals surface area contributed by atoms with E-state index in [0.717, 1.165) is 10.4 Å². The van der Waals surface area contributed by atoms with E-state index >= 15 is 0 Å². The van der Waals surface area contributed by atoms with Gasteiger partial charge < -0.3 is 15.4 Å². The van der Waals surface area contributed by atoms with E-state index in [4.69, 9.17) is 17.0 Å². The predicted octanol–water partition coefficient (Wildman–Crippen LogP) is 4.12. The zero-order valence-electron chi connectivity index (χ0n) is 13.9. The smallest absolute Gasteiger partial charge is 0.341 e. The second kappa shape index (κ2) is 8.04. The third-order valence-corrected chi connectivity index (χ3v) is 4.80. The monoisotopic (exact) mass is 379 g/mol. The van der Waals surface area contributed by atoms with Crippen LogP contribution in [-0.2, 0) is 11.2 Å². The molecule has 1 heterocycles. The normalized spacial score (nSPS) is 10.2. The molecule has 0 atom stereocenters. The molecule has 7 nitrogen and oxygen atoms in total. The Morgan fingerprint density at radius 3 is 2.64 bits per heavy atom. The van der Waals surface area contributed by atoms with Gasteiger partial charge in [0.2, 0.25) is 0 Å². The van der Waals surface area contributed by atoms with Crippen LogP contribution in [0.1, 0.15) is 27.7 Å². The second-order valence-electron chi connectivity index (χ2n) is 5.04. The van der Waals surface area contributed by atoms with Crippen molar-refractivity contribution in [1.82, 2.24) is 0 Å². The minimum Gasteiger partial charge on any atom is -0.465 e. The van der Waals surface area contributed by atoms with Gasteiger partial charge in [0.15, 0.2) is 5.11 Å². The number of nitro groups is 1. The summed E-state index contributed by atoms with van der Waals surface area (Å²) in [5.41, 5.74) is 1.53. The molecule has 0 aliphatic heterocycles. The van der Waals surface area contributed by atoms with E-state index in [1.807, 2.05) is 13.8 Å². The molecule has 0 aliphatic rings. The van der Waals surface area contributed by atoms with Crippen LogP contribution in [0.15, 0.2) is 24.3 Å². The molecule has 0 aliphatic carbocycles. The van der Waals surface area contributed by atoms with Crippen LogP contribution in [0.4, 0.5) is 16.4 Å². The topological polar surface area (TPSA) is 93.5 Å². The molecule has 0 amide bonds. The van der Waals surface area contributed by atoms with E-state index in [1.54, 1.807) is 18.2 Å². The van der Waals surface area contributed by atoms with Crippen LogP contribution < -0.4 is 10.6 Å². The number of carbonyl (C=O) groups excluding carboxylic acids is 1. The maximum absolute atomic E-state index is 12.1. The number of hydrogen-bond acceptors (Lipinski definition) is 6. The maximum Gasteiger partial charge on any atom is 0.341 e. The van der Waals surface area contributed by atoms with Gasteiger partial charge in [-0.25, -0.2) is 4.79 Å². The summed E-state index contributed by atoms with van der Waals surface area (Å²) in [6, 6.07) is 6.19. The molecule has 2 N–H and O–H groups in total. The lowest BCUT2D eigenvalue weighted by atomic mass is 10.1. The molecule has 2 rings (SSSR count). The number of nitrogens with zero attached hydrogens (tertiary/aromatic N) is 1. The maximum atomic E-state index is 12.1. The lowest BCUT2D eigenvalue weighted by Crippen LogP contribution is -2.20. The van der Waals surface area contributed by atoms with E-state index in [9.17, 15) is 14.9 Å². The average Bonchev–Trinajstić information content (AvgIpc) is 2.89. The molecular weight excluding hydrogens is 362 g/mol. The van der Waals surface area contributed by atoms with Gasteiger partial charge in [-0.3, -0.25) is 10.1 Å². The van der Waals surface area contributed by atoms with Crippen LogP contribution in [0.3, 0.4) is 0 Å². The highest BCUT2D eigenvalue weighted by Crippen LogP contribution is 2.34. The van der Waals surface area contributed by atoms with Crippen molar-refractivity contribution in [2.45, 2.75) is 20.3 Å². The number of benzene rings is 1. The van der Waals surface area contributed by atoms with Crippen molar-refractivity contribution in [3.8, 4) is 0 Å². The van der Waals surface area contributed by atoms with E-state index in [2.05, 4.69) is 10.6 Å². The molecule has 1 aromatic heterocycles. The summed E-state index contributed by atoms with van der Waals surface area (Å²) >= 11 is 6.63. The highest BCUT2D eigenvalue weighted by atomic mass is 32.1. The van der Waals surface area contributed by atoms with Gasteiger partial charge in [-0.05, 0) is 37.2 Å². The number of nitrogens with one attached hydrogen (secondary N) is 2. The summed E-state index contributed by atoms with van der Waals surface area (Å²) in [5, 5.41) is 17.5. The van der Waals surface area contributed by atoms with E-state index < -0.39 is 10.9 Å². The number of hydrogen-bond donors (Lipinski definition) is 2. The van der Waals surface area contributed by atoms with E-state index in [0.29, 0.717) is 17.0 Å². The molecule has 0 radical (unpaired) electrons. The van der Waals surface area contributed by atoms with Crippen LogP contribution in [-0.4, -0.2) is 23.1 Å². The minimum atomic E-state index is -0.491. The van der Waals surface area contributed by atoms with Crippen LogP contribution in [0.5, 0.6) is 0 Å². The molecule has 2 aromatic rings. The zero-order chi connectivity index (χ0) is 18.6. The van der Waals surface area contributed by atoms with Crippen molar-refractivity contribution in [2.75, 3.05) is 17.7 Å². The highest BCUT2D eigenvalue weighted by molar-refractivity contribution is 7.80. The number of anilines is 2. The van der Waals surface area contributed by atoms with Crippen molar-refractivity contribution in [3.63, 3.8) is 0 Å². The van der Waals surface area contributed by atoms with Gasteiger partial charge in [-0.15, -0.1) is 11.3 Å². The lowest BCUT2D eigenvalue weighted by Gasteiger charge is -2.11. The van der Waals surface area contributed by atoms with Gasteiger partial charge >= 0.3 is 5.97 Å². The number of esters is 1. The average molecular weight is 379 g/mol. The fourth-order valence-electron chi connectivity index (χ4n) is 2.41. The molecule has 1 aromatic carbocycles. The van der Waals surface area contributed by atoms with Gasteiger partial charge in [0.25, 0.3) is 5.69 Å². The molecule has 0 fully saturated rings. The fourth-order valence-corrected chi connectivity index (χ4v) is 3.82. The summed E-state index contributed by atoms with van der Waals surface area (Å²) in [7, 11) is 1.32. The highest BCUT2D eigenvalue weighted by Gasteiger charge is 2.23. The number of ether oxygens (including phenoxy) is 1. The van der Waals surface area contributed by atoms with Crippen molar-refractivity contribution < 1.29 is 14.5 Å². The van der Waals surface area contributed by atoms with Gasteiger partial charge in [-0.1, -0.05) is 19.1 Å². The number of thiophene rings is 1. The molecule has 0 saturated carbocycles. The Morgan fingerprint density at radius 1 is 1.36 bits per heavy atom. The largest absolute Gasteiger partial charge is 0.465 e. The summed E-state index contributed by atoms with van der Waals surface area (Å²) in [5.74, 6) is -0.447. The second-order valence-corrected chi connectivity index (χ2v) is 6.67. The first kappa shape index (κ1) is 18.8.